The number of hydrogen-bond acceptors (Lipinski definition) is 3. The van der Waals surface area contributed by atoms with Gasteiger partial charge in [-0.3, -0.25) is 25.1 Å². The summed E-state index contributed by atoms with van der Waals surface area (Å²) in [5, 5.41) is 4.47. The minimum Gasteiger partial charge on any atom is -0.272 e. The van der Waals surface area contributed by atoms with Gasteiger partial charge in [0.05, 0.1) is 22.4 Å². The van der Waals surface area contributed by atoms with Gasteiger partial charge in [0.25, 0.3) is 11.8 Å². The van der Waals surface area contributed by atoms with Crippen molar-refractivity contribution in [2.75, 3.05) is 0 Å². The third-order valence-corrected chi connectivity index (χ3v) is 5.18. The largest absolute Gasteiger partial charge is 0.272 e. The van der Waals surface area contributed by atoms with Crippen LogP contribution in [0.2, 0.25) is 0 Å². The summed E-state index contributed by atoms with van der Waals surface area (Å²) in [4.78, 5) is 23.8. The van der Waals surface area contributed by atoms with Gasteiger partial charge in [0.2, 0.25) is 0 Å². The quantitative estimate of drug-likeness (QED) is 0.530. The molecule has 0 aliphatic rings. The molecule has 1 heterocycles. The minimum atomic E-state index is -0.752. The Bertz CT molecular complexity index is 792. The van der Waals surface area contributed by atoms with Crippen LogP contribution in [-0.4, -0.2) is 25.9 Å². The molecule has 0 aliphatic carbocycles. The fourth-order valence-electron chi connectivity index (χ4n) is 2.10. The van der Waals surface area contributed by atoms with Crippen molar-refractivity contribution in [3.8, 4) is 0 Å². The molecule has 0 aliphatic heterocycles. The summed E-state index contributed by atoms with van der Waals surface area (Å²) >= 11 is 6.74. The highest BCUT2D eigenvalue weighted by Crippen LogP contribution is 2.20. The lowest BCUT2D eigenvalue weighted by atomic mass is 10.1. The Balaban J connectivity index is 2.00. The maximum Gasteiger partial charge on any atom is 0.269 e. The van der Waals surface area contributed by atoms with Crippen LogP contribution in [0.25, 0.3) is 0 Å². The highest BCUT2D eigenvalue weighted by atomic mass is 79.9. The molecule has 25 heavy (non-hydrogen) atoms. The number of aromatic nitrogens is 2. The summed E-state index contributed by atoms with van der Waals surface area (Å²) in [5.41, 5.74) is 8.28. The molecule has 6 nitrogen and oxygen atoms in total. The van der Waals surface area contributed by atoms with Gasteiger partial charge in [0, 0.05) is 5.56 Å². The third-order valence-electron chi connectivity index (χ3n) is 3.67. The lowest BCUT2D eigenvalue weighted by Crippen LogP contribution is -2.48. The summed E-state index contributed by atoms with van der Waals surface area (Å²) < 4.78 is 2.17. The van der Waals surface area contributed by atoms with Gasteiger partial charge >= 0.3 is 0 Å². The molecule has 2 rings (SSSR count). The van der Waals surface area contributed by atoms with Gasteiger partial charge in [-0.2, -0.15) is 5.10 Å². The Morgan fingerprint density at radius 1 is 1.16 bits per heavy atom. The SMILES string of the molecule is Cc1nn(Cc2ccc(C(=O)NNC(=O)C(C)(C)Br)cc2)c(C)c1Br. The van der Waals surface area contributed by atoms with Crippen molar-refractivity contribution in [2.45, 2.75) is 38.6 Å². The Morgan fingerprint density at radius 2 is 1.76 bits per heavy atom. The van der Waals surface area contributed by atoms with E-state index >= 15 is 0 Å². The van der Waals surface area contributed by atoms with Crippen molar-refractivity contribution in [3.63, 3.8) is 0 Å². The first-order valence-corrected chi connectivity index (χ1v) is 9.26. The Kier molecular flexibility index (Phi) is 6.05. The van der Waals surface area contributed by atoms with Crippen molar-refractivity contribution < 1.29 is 9.59 Å². The zero-order valence-electron chi connectivity index (χ0n) is 14.5. The Morgan fingerprint density at radius 3 is 2.24 bits per heavy atom. The van der Waals surface area contributed by atoms with E-state index in [1.165, 1.54) is 0 Å². The molecule has 1 aromatic carbocycles. The van der Waals surface area contributed by atoms with E-state index < -0.39 is 4.32 Å². The monoisotopic (exact) mass is 470 g/mol. The van der Waals surface area contributed by atoms with E-state index in [4.69, 9.17) is 0 Å². The van der Waals surface area contributed by atoms with Gasteiger partial charge < -0.3 is 0 Å². The van der Waals surface area contributed by atoms with Gasteiger partial charge in [-0.25, -0.2) is 0 Å². The van der Waals surface area contributed by atoms with Crippen LogP contribution in [-0.2, 0) is 11.3 Å². The molecule has 8 heteroatoms. The normalized spacial score (nSPS) is 11.3. The van der Waals surface area contributed by atoms with E-state index in [9.17, 15) is 9.59 Å². The molecule has 0 saturated carbocycles. The average molecular weight is 472 g/mol. The van der Waals surface area contributed by atoms with Crippen LogP contribution in [0.1, 0.15) is 41.2 Å². The number of halogens is 2. The van der Waals surface area contributed by atoms with Crippen molar-refractivity contribution in [1.29, 1.82) is 0 Å². The van der Waals surface area contributed by atoms with Crippen LogP contribution in [0, 0.1) is 13.8 Å². The molecule has 0 radical (unpaired) electrons. The number of alkyl halides is 1. The van der Waals surface area contributed by atoms with Crippen LogP contribution in [0.3, 0.4) is 0 Å². The number of carbonyl (C=O) groups is 2. The van der Waals surface area contributed by atoms with Crippen molar-refractivity contribution in [1.82, 2.24) is 20.6 Å². The second-order valence-corrected chi connectivity index (χ2v) is 9.00. The van der Waals surface area contributed by atoms with Gasteiger partial charge in [-0.15, -0.1) is 0 Å². The van der Waals surface area contributed by atoms with Gasteiger partial charge in [0.1, 0.15) is 4.32 Å². The lowest BCUT2D eigenvalue weighted by molar-refractivity contribution is -0.123. The number of hydrogen-bond donors (Lipinski definition) is 2. The van der Waals surface area contributed by atoms with Crippen molar-refractivity contribution in [3.05, 3.63) is 51.3 Å². The van der Waals surface area contributed by atoms with Gasteiger partial charge in [-0.1, -0.05) is 28.1 Å². The summed E-state index contributed by atoms with van der Waals surface area (Å²) in [6.07, 6.45) is 0. The molecule has 0 unspecified atom stereocenters. The predicted molar refractivity (Wildman–Crippen MR) is 104 cm³/mol. The molecule has 134 valence electrons. The standard InChI is InChI=1S/C17H20Br2N4O2/c1-10-14(18)11(2)23(22-10)9-12-5-7-13(8-6-12)15(24)20-21-16(25)17(3,4)19/h5-8H,9H2,1-4H3,(H,20,24)(H,21,25). The smallest absolute Gasteiger partial charge is 0.269 e. The first-order valence-electron chi connectivity index (χ1n) is 7.67. The van der Waals surface area contributed by atoms with Crippen LogP contribution in [0.15, 0.2) is 28.7 Å². The lowest BCUT2D eigenvalue weighted by Gasteiger charge is -2.16. The number of aryl methyl sites for hydroxylation is 1. The van der Waals surface area contributed by atoms with Crippen LogP contribution in [0.5, 0.6) is 0 Å². The molecule has 1 aromatic heterocycles. The second-order valence-electron chi connectivity index (χ2n) is 6.22. The highest BCUT2D eigenvalue weighted by Gasteiger charge is 2.23. The fourth-order valence-corrected chi connectivity index (χ4v) is 2.48. The summed E-state index contributed by atoms with van der Waals surface area (Å²) in [5.74, 6) is -0.696. The number of benzene rings is 1. The minimum absolute atomic E-state index is 0.326. The van der Waals surface area contributed by atoms with Crippen molar-refractivity contribution >= 4 is 43.7 Å². The number of rotatable bonds is 4. The highest BCUT2D eigenvalue weighted by molar-refractivity contribution is 9.10. The molecule has 0 spiro atoms. The molecular weight excluding hydrogens is 452 g/mol. The molecule has 0 atom stereocenters. The zero-order chi connectivity index (χ0) is 18.8. The van der Waals surface area contributed by atoms with E-state index in [0.29, 0.717) is 12.1 Å². The number of amides is 2. The van der Waals surface area contributed by atoms with Crippen LogP contribution < -0.4 is 10.9 Å². The number of nitrogens with zero attached hydrogens (tertiary/aromatic N) is 2. The van der Waals surface area contributed by atoms with Gasteiger partial charge in [0.15, 0.2) is 0 Å². The molecule has 0 saturated heterocycles. The predicted octanol–water partition coefficient (Wildman–Crippen LogP) is 3.25. The fraction of sp³-hybridized carbons (Fsp3) is 0.353. The summed E-state index contributed by atoms with van der Waals surface area (Å²) in [6, 6.07) is 7.18. The average Bonchev–Trinajstić information content (AvgIpc) is 2.79. The first kappa shape index (κ1) is 19.7. The Labute approximate surface area is 163 Å². The topological polar surface area (TPSA) is 76.0 Å². The van der Waals surface area contributed by atoms with Crippen LogP contribution >= 0.6 is 31.9 Å². The molecule has 0 bridgehead atoms. The maximum absolute atomic E-state index is 12.1. The van der Waals surface area contributed by atoms with Crippen molar-refractivity contribution in [2.24, 2.45) is 0 Å². The van der Waals surface area contributed by atoms with E-state index in [1.807, 2.05) is 30.7 Å². The van der Waals surface area contributed by atoms with E-state index in [0.717, 1.165) is 21.4 Å². The third kappa shape index (κ3) is 4.92. The second kappa shape index (κ2) is 7.70. The molecule has 2 aromatic rings. The summed E-state index contributed by atoms with van der Waals surface area (Å²) in [6.45, 7) is 7.96. The molecule has 2 N–H and O–H groups in total. The van der Waals surface area contributed by atoms with E-state index in [1.54, 1.807) is 26.0 Å². The number of hydrazine groups is 1. The maximum atomic E-state index is 12.1. The molecule has 0 fully saturated rings. The Hall–Kier alpha value is -1.67. The van der Waals surface area contributed by atoms with E-state index in [2.05, 4.69) is 47.8 Å². The number of carbonyl (C=O) groups excluding carboxylic acids is 2. The summed E-state index contributed by atoms with van der Waals surface area (Å²) in [7, 11) is 0. The molecule has 2 amide bonds. The zero-order valence-corrected chi connectivity index (χ0v) is 17.7. The van der Waals surface area contributed by atoms with E-state index in [-0.39, 0.29) is 11.8 Å². The molecular formula is C17H20Br2N4O2. The first-order chi connectivity index (χ1) is 11.6. The number of nitrogens with one attached hydrogen (secondary N) is 2. The van der Waals surface area contributed by atoms with Gasteiger partial charge in [-0.05, 0) is 61.3 Å². The van der Waals surface area contributed by atoms with Crippen LogP contribution in [0.4, 0.5) is 0 Å².